The van der Waals surface area contributed by atoms with Crippen LogP contribution in [-0.2, 0) is 10.0 Å². The van der Waals surface area contributed by atoms with Crippen LogP contribution in [0.25, 0.3) is 10.2 Å². The fourth-order valence-electron chi connectivity index (χ4n) is 2.62. The average molecular weight is 340 g/mol. The maximum absolute atomic E-state index is 11.7. The molecule has 0 spiro atoms. The normalized spacial score (nSPS) is 16.9. The van der Waals surface area contributed by atoms with Gasteiger partial charge in [0.2, 0.25) is 10.0 Å². The molecule has 0 radical (unpaired) electrons. The number of aryl methyl sites for hydroxylation is 2. The van der Waals surface area contributed by atoms with Crippen molar-refractivity contribution >= 4 is 37.4 Å². The van der Waals surface area contributed by atoms with Gasteiger partial charge in [0.15, 0.2) is 0 Å². The molecule has 3 rings (SSSR count). The Kier molecular flexibility index (Phi) is 4.09. The van der Waals surface area contributed by atoms with Crippen LogP contribution in [0.3, 0.4) is 0 Å². The van der Waals surface area contributed by atoms with Gasteiger partial charge < -0.3 is 5.32 Å². The highest BCUT2D eigenvalue weighted by atomic mass is 32.2. The standard InChI is InChI=1S/C14H20N4O2S2/c1-4-22(19,20)18-6-11(7-18)5-15-13-12-9(2)8-21-14(12)17-10(3)16-13/h8,11H,4-7H2,1-3H3,(H,15,16,17). The molecule has 2 aromatic rings. The number of nitrogens with zero attached hydrogens (tertiary/aromatic N) is 3. The van der Waals surface area contributed by atoms with E-state index in [1.165, 1.54) is 5.56 Å². The van der Waals surface area contributed by atoms with Crippen molar-refractivity contribution in [3.8, 4) is 0 Å². The van der Waals surface area contributed by atoms with Crippen molar-refractivity contribution in [2.75, 3.05) is 30.7 Å². The van der Waals surface area contributed by atoms with E-state index in [-0.39, 0.29) is 5.75 Å². The minimum atomic E-state index is -3.03. The number of anilines is 1. The summed E-state index contributed by atoms with van der Waals surface area (Å²) < 4.78 is 25.0. The van der Waals surface area contributed by atoms with Crippen molar-refractivity contribution in [3.63, 3.8) is 0 Å². The summed E-state index contributed by atoms with van der Waals surface area (Å²) in [6.07, 6.45) is 0. The summed E-state index contributed by atoms with van der Waals surface area (Å²) >= 11 is 1.62. The summed E-state index contributed by atoms with van der Waals surface area (Å²) in [5, 5.41) is 6.54. The third-order valence-electron chi connectivity index (χ3n) is 3.97. The first-order valence-corrected chi connectivity index (χ1v) is 9.83. The fourth-order valence-corrected chi connectivity index (χ4v) is 4.83. The second kappa shape index (κ2) is 5.75. The highest BCUT2D eigenvalue weighted by Crippen LogP contribution is 2.30. The minimum Gasteiger partial charge on any atom is -0.369 e. The van der Waals surface area contributed by atoms with E-state index in [0.29, 0.717) is 19.0 Å². The molecule has 1 fully saturated rings. The molecule has 0 atom stereocenters. The lowest BCUT2D eigenvalue weighted by molar-refractivity contribution is 0.212. The van der Waals surface area contributed by atoms with E-state index in [9.17, 15) is 8.42 Å². The maximum Gasteiger partial charge on any atom is 0.213 e. The number of aromatic nitrogens is 2. The lowest BCUT2D eigenvalue weighted by Crippen LogP contribution is -2.52. The van der Waals surface area contributed by atoms with Crippen LogP contribution < -0.4 is 5.32 Å². The zero-order valence-electron chi connectivity index (χ0n) is 13.0. The summed E-state index contributed by atoms with van der Waals surface area (Å²) in [4.78, 5) is 9.95. The van der Waals surface area contributed by atoms with Crippen LogP contribution in [0.2, 0.25) is 0 Å². The molecule has 1 saturated heterocycles. The molecule has 0 aromatic carbocycles. The molecule has 120 valence electrons. The molecule has 0 saturated carbocycles. The molecule has 1 aliphatic heterocycles. The molecule has 3 heterocycles. The zero-order valence-corrected chi connectivity index (χ0v) is 14.6. The van der Waals surface area contributed by atoms with E-state index >= 15 is 0 Å². The predicted molar refractivity (Wildman–Crippen MR) is 89.9 cm³/mol. The van der Waals surface area contributed by atoms with Gasteiger partial charge in [-0.1, -0.05) is 0 Å². The van der Waals surface area contributed by atoms with Crippen molar-refractivity contribution in [2.24, 2.45) is 5.92 Å². The summed E-state index contributed by atoms with van der Waals surface area (Å²) in [6, 6.07) is 0. The van der Waals surface area contributed by atoms with Gasteiger partial charge in [-0.2, -0.15) is 0 Å². The fraction of sp³-hybridized carbons (Fsp3) is 0.571. The third kappa shape index (κ3) is 2.82. The first-order valence-electron chi connectivity index (χ1n) is 7.35. The van der Waals surface area contributed by atoms with Gasteiger partial charge in [-0.05, 0) is 31.7 Å². The Hall–Kier alpha value is -1.25. The summed E-state index contributed by atoms with van der Waals surface area (Å²) in [7, 11) is -3.03. The highest BCUT2D eigenvalue weighted by Gasteiger charge is 2.34. The molecule has 0 amide bonds. The van der Waals surface area contributed by atoms with Crippen LogP contribution in [0.4, 0.5) is 5.82 Å². The van der Waals surface area contributed by atoms with Crippen LogP contribution in [0.5, 0.6) is 0 Å². The molecule has 0 aliphatic carbocycles. The van der Waals surface area contributed by atoms with Crippen LogP contribution in [-0.4, -0.2) is 48.1 Å². The van der Waals surface area contributed by atoms with Crippen LogP contribution in [0, 0.1) is 19.8 Å². The van der Waals surface area contributed by atoms with E-state index < -0.39 is 10.0 Å². The summed E-state index contributed by atoms with van der Waals surface area (Å²) in [5.41, 5.74) is 1.17. The maximum atomic E-state index is 11.7. The Morgan fingerprint density at radius 1 is 1.36 bits per heavy atom. The summed E-state index contributed by atoms with van der Waals surface area (Å²) in [5.74, 6) is 2.12. The lowest BCUT2D eigenvalue weighted by atomic mass is 10.0. The Labute approximate surface area is 134 Å². The van der Waals surface area contributed by atoms with Gasteiger partial charge in [0.05, 0.1) is 11.1 Å². The number of hydrogen-bond donors (Lipinski definition) is 1. The van der Waals surface area contributed by atoms with E-state index in [1.807, 2.05) is 6.92 Å². The molecule has 0 unspecified atom stereocenters. The molecular weight excluding hydrogens is 320 g/mol. The lowest BCUT2D eigenvalue weighted by Gasteiger charge is -2.38. The topological polar surface area (TPSA) is 75.2 Å². The number of hydrogen-bond acceptors (Lipinski definition) is 6. The first kappa shape index (κ1) is 15.6. The van der Waals surface area contributed by atoms with Crippen LogP contribution in [0.15, 0.2) is 5.38 Å². The Morgan fingerprint density at radius 3 is 2.77 bits per heavy atom. The molecule has 2 aromatic heterocycles. The molecule has 8 heteroatoms. The number of nitrogens with one attached hydrogen (secondary N) is 1. The van der Waals surface area contributed by atoms with Crippen LogP contribution in [0.1, 0.15) is 18.3 Å². The van der Waals surface area contributed by atoms with Gasteiger partial charge in [0, 0.05) is 25.6 Å². The van der Waals surface area contributed by atoms with E-state index in [0.717, 1.165) is 28.4 Å². The largest absolute Gasteiger partial charge is 0.369 e. The van der Waals surface area contributed by atoms with E-state index in [1.54, 1.807) is 22.6 Å². The van der Waals surface area contributed by atoms with Gasteiger partial charge in [-0.15, -0.1) is 11.3 Å². The smallest absolute Gasteiger partial charge is 0.213 e. The molecule has 1 aliphatic rings. The number of thiophene rings is 1. The van der Waals surface area contributed by atoms with Crippen molar-refractivity contribution in [1.29, 1.82) is 0 Å². The third-order valence-corrected chi connectivity index (χ3v) is 6.77. The number of rotatable bonds is 5. The predicted octanol–water partition coefficient (Wildman–Crippen LogP) is 2.00. The highest BCUT2D eigenvalue weighted by molar-refractivity contribution is 7.89. The Morgan fingerprint density at radius 2 is 2.09 bits per heavy atom. The van der Waals surface area contributed by atoms with E-state index in [2.05, 4.69) is 27.6 Å². The number of fused-ring (bicyclic) bond motifs is 1. The quantitative estimate of drug-likeness (QED) is 0.901. The van der Waals surface area contributed by atoms with Crippen molar-refractivity contribution in [1.82, 2.24) is 14.3 Å². The van der Waals surface area contributed by atoms with Gasteiger partial charge in [0.25, 0.3) is 0 Å². The van der Waals surface area contributed by atoms with Gasteiger partial charge in [-0.25, -0.2) is 22.7 Å². The van der Waals surface area contributed by atoms with Gasteiger partial charge >= 0.3 is 0 Å². The first-order chi connectivity index (χ1) is 10.4. The van der Waals surface area contributed by atoms with Crippen molar-refractivity contribution in [2.45, 2.75) is 20.8 Å². The van der Waals surface area contributed by atoms with Gasteiger partial charge in [-0.3, -0.25) is 0 Å². The Balaban J connectivity index is 1.68. The zero-order chi connectivity index (χ0) is 15.9. The molecule has 6 nitrogen and oxygen atoms in total. The van der Waals surface area contributed by atoms with E-state index in [4.69, 9.17) is 0 Å². The second-order valence-electron chi connectivity index (χ2n) is 5.68. The van der Waals surface area contributed by atoms with Crippen LogP contribution >= 0.6 is 11.3 Å². The van der Waals surface area contributed by atoms with Gasteiger partial charge in [0.1, 0.15) is 16.5 Å². The SMILES string of the molecule is CCS(=O)(=O)N1CC(CNc2nc(C)nc3scc(C)c23)C1. The monoisotopic (exact) mass is 340 g/mol. The van der Waals surface area contributed by atoms with Crippen molar-refractivity contribution < 1.29 is 8.42 Å². The second-order valence-corrected chi connectivity index (χ2v) is 8.80. The molecule has 1 N–H and O–H groups in total. The minimum absolute atomic E-state index is 0.174. The molecule has 0 bridgehead atoms. The Bertz CT molecular complexity index is 795. The van der Waals surface area contributed by atoms with Crippen molar-refractivity contribution in [3.05, 3.63) is 16.8 Å². The molecule has 22 heavy (non-hydrogen) atoms. The molecular formula is C14H20N4O2S2. The number of sulfonamides is 1. The average Bonchev–Trinajstić information content (AvgIpc) is 2.78. The summed E-state index contributed by atoms with van der Waals surface area (Å²) in [6.45, 7) is 7.55.